The maximum Gasteiger partial charge on any atom is 0.273 e. The molecule has 1 aliphatic rings. The molecule has 0 bridgehead atoms. The Hall–Kier alpha value is -3.50. The van der Waals surface area contributed by atoms with E-state index in [9.17, 15) is 15.2 Å². The number of benzene rings is 1. The zero-order chi connectivity index (χ0) is 23.7. The van der Waals surface area contributed by atoms with E-state index < -0.39 is 4.92 Å². The number of nitrogens with one attached hydrogen (secondary N) is 1. The van der Waals surface area contributed by atoms with Gasteiger partial charge in [0.05, 0.1) is 48.2 Å². The standard InChI is InChI=1S/C23H25N5O4S/c1-14-12-17(15(2)27(14)19-8-7-16(28(30)31)13-20(19)32-3)22-21(18-6-4-5-9-24-18)25-23(33)26(22)10-11-29/h4-9,12-13,21-22,29H,10-11H2,1-3H3,(H,25,33)/t21-,22+/m0/s1. The molecule has 0 spiro atoms. The smallest absolute Gasteiger partial charge is 0.273 e. The molecule has 0 radical (unpaired) electrons. The van der Waals surface area contributed by atoms with Crippen molar-refractivity contribution in [2.24, 2.45) is 0 Å². The predicted molar refractivity (Wildman–Crippen MR) is 128 cm³/mol. The van der Waals surface area contributed by atoms with Gasteiger partial charge in [0.1, 0.15) is 5.75 Å². The number of nitro benzene ring substituents is 1. The van der Waals surface area contributed by atoms with E-state index >= 15 is 0 Å². The van der Waals surface area contributed by atoms with Crippen LogP contribution in [0.3, 0.4) is 0 Å². The highest BCUT2D eigenvalue weighted by Gasteiger charge is 2.41. The Labute approximate surface area is 196 Å². The number of aromatic nitrogens is 2. The van der Waals surface area contributed by atoms with Crippen molar-refractivity contribution >= 4 is 23.0 Å². The van der Waals surface area contributed by atoms with Gasteiger partial charge in [0.25, 0.3) is 5.69 Å². The van der Waals surface area contributed by atoms with Crippen molar-refractivity contribution in [2.75, 3.05) is 20.3 Å². The largest absolute Gasteiger partial charge is 0.494 e. The number of thiocarbonyl (C=S) groups is 1. The van der Waals surface area contributed by atoms with Crippen molar-refractivity contribution in [3.63, 3.8) is 0 Å². The number of aryl methyl sites for hydroxylation is 1. The van der Waals surface area contributed by atoms with Crippen LogP contribution in [-0.4, -0.2) is 49.9 Å². The Morgan fingerprint density at radius 2 is 2.06 bits per heavy atom. The molecule has 10 heteroatoms. The van der Waals surface area contributed by atoms with Crippen LogP contribution in [0.2, 0.25) is 0 Å². The number of nitro groups is 1. The Balaban J connectivity index is 1.85. The number of pyridine rings is 1. The molecule has 0 unspecified atom stereocenters. The molecule has 172 valence electrons. The average Bonchev–Trinajstić information content (AvgIpc) is 3.29. The van der Waals surface area contributed by atoms with Crippen LogP contribution in [0.4, 0.5) is 5.69 Å². The fourth-order valence-corrected chi connectivity index (χ4v) is 4.85. The molecule has 9 nitrogen and oxygen atoms in total. The van der Waals surface area contributed by atoms with Gasteiger partial charge in [0.2, 0.25) is 0 Å². The van der Waals surface area contributed by atoms with Crippen LogP contribution in [0.15, 0.2) is 48.7 Å². The number of nitrogens with zero attached hydrogens (tertiary/aromatic N) is 4. The minimum Gasteiger partial charge on any atom is -0.494 e. The molecule has 1 saturated heterocycles. The maximum absolute atomic E-state index is 11.2. The molecule has 33 heavy (non-hydrogen) atoms. The van der Waals surface area contributed by atoms with Crippen molar-refractivity contribution in [1.82, 2.24) is 19.8 Å². The number of hydrogen-bond acceptors (Lipinski definition) is 6. The van der Waals surface area contributed by atoms with Crippen LogP contribution < -0.4 is 10.1 Å². The molecule has 1 aromatic carbocycles. The van der Waals surface area contributed by atoms with Crippen molar-refractivity contribution in [3.8, 4) is 11.4 Å². The van der Waals surface area contributed by atoms with Crippen LogP contribution >= 0.6 is 12.2 Å². The lowest BCUT2D eigenvalue weighted by atomic mass is 9.97. The highest BCUT2D eigenvalue weighted by molar-refractivity contribution is 7.80. The highest BCUT2D eigenvalue weighted by atomic mass is 32.1. The van der Waals surface area contributed by atoms with Gasteiger partial charge < -0.3 is 24.6 Å². The van der Waals surface area contributed by atoms with Gasteiger partial charge in [-0.1, -0.05) is 6.07 Å². The molecule has 2 N–H and O–H groups in total. The van der Waals surface area contributed by atoms with Gasteiger partial charge in [0, 0.05) is 30.2 Å². The predicted octanol–water partition coefficient (Wildman–Crippen LogP) is 3.37. The molecule has 2 aromatic heterocycles. The number of rotatable bonds is 7. The van der Waals surface area contributed by atoms with Crippen molar-refractivity contribution < 1.29 is 14.8 Å². The Morgan fingerprint density at radius 1 is 1.27 bits per heavy atom. The summed E-state index contributed by atoms with van der Waals surface area (Å²) in [5.41, 5.74) is 4.43. The molecule has 3 heterocycles. The van der Waals surface area contributed by atoms with Gasteiger partial charge >= 0.3 is 0 Å². The summed E-state index contributed by atoms with van der Waals surface area (Å²) in [6.07, 6.45) is 1.75. The monoisotopic (exact) mass is 467 g/mol. The van der Waals surface area contributed by atoms with Crippen molar-refractivity contribution in [2.45, 2.75) is 25.9 Å². The van der Waals surface area contributed by atoms with E-state index in [2.05, 4.69) is 16.4 Å². The summed E-state index contributed by atoms with van der Waals surface area (Å²) in [7, 11) is 1.50. The van der Waals surface area contributed by atoms with Gasteiger partial charge in [-0.15, -0.1) is 0 Å². The molecular formula is C23H25N5O4S. The summed E-state index contributed by atoms with van der Waals surface area (Å²) in [4.78, 5) is 17.3. The van der Waals surface area contributed by atoms with Crippen molar-refractivity contribution in [1.29, 1.82) is 0 Å². The summed E-state index contributed by atoms with van der Waals surface area (Å²) in [5.74, 6) is 0.408. The number of hydrogen-bond donors (Lipinski definition) is 2. The van der Waals surface area contributed by atoms with Gasteiger partial charge in [-0.2, -0.15) is 0 Å². The minimum atomic E-state index is -0.442. The zero-order valence-electron chi connectivity index (χ0n) is 18.6. The SMILES string of the molecule is COc1cc([N+](=O)[O-])ccc1-n1c(C)cc([C@@H]2[C@H](c3ccccn3)NC(=S)N2CCO)c1C. The van der Waals surface area contributed by atoms with E-state index in [1.807, 2.05) is 41.5 Å². The molecule has 1 fully saturated rings. The average molecular weight is 468 g/mol. The van der Waals surface area contributed by atoms with Gasteiger partial charge in [0.15, 0.2) is 5.11 Å². The van der Waals surface area contributed by atoms with Crippen molar-refractivity contribution in [3.05, 3.63) is 81.4 Å². The van der Waals surface area contributed by atoms with Gasteiger partial charge in [-0.25, -0.2) is 0 Å². The van der Waals surface area contributed by atoms with E-state index in [1.165, 1.54) is 19.2 Å². The summed E-state index contributed by atoms with van der Waals surface area (Å²) in [6, 6.07) is 12.0. The molecule has 2 atom stereocenters. The van der Waals surface area contributed by atoms with E-state index in [4.69, 9.17) is 17.0 Å². The lowest BCUT2D eigenvalue weighted by Crippen LogP contribution is -2.32. The molecule has 0 amide bonds. The third kappa shape index (κ3) is 4.03. The Morgan fingerprint density at radius 3 is 2.70 bits per heavy atom. The summed E-state index contributed by atoms with van der Waals surface area (Å²) >= 11 is 5.60. The second-order valence-electron chi connectivity index (χ2n) is 7.82. The summed E-state index contributed by atoms with van der Waals surface area (Å²) in [5, 5.41) is 24.8. The maximum atomic E-state index is 11.2. The highest BCUT2D eigenvalue weighted by Crippen LogP contribution is 2.42. The van der Waals surface area contributed by atoms with Crippen LogP contribution in [0.5, 0.6) is 5.75 Å². The normalized spacial score (nSPS) is 17.8. The van der Waals surface area contributed by atoms with Crippen LogP contribution in [0.25, 0.3) is 5.69 Å². The number of β-amino-alcohol motifs (C(OH)–C–C–N with tert-alkyl or cyclic N) is 1. The molecule has 3 aromatic rings. The second kappa shape index (κ2) is 9.16. The van der Waals surface area contributed by atoms with Crippen LogP contribution in [0.1, 0.15) is 34.7 Å². The lowest BCUT2D eigenvalue weighted by Gasteiger charge is -2.27. The lowest BCUT2D eigenvalue weighted by molar-refractivity contribution is -0.384. The van der Waals surface area contributed by atoms with E-state index in [-0.39, 0.29) is 24.4 Å². The number of ether oxygens (including phenoxy) is 1. The minimum absolute atomic E-state index is 0.0343. The Bertz CT molecular complexity index is 1200. The first kappa shape index (κ1) is 22.7. The Kier molecular flexibility index (Phi) is 6.30. The van der Waals surface area contributed by atoms with Gasteiger partial charge in [-0.3, -0.25) is 15.1 Å². The molecule has 0 aliphatic carbocycles. The molecular weight excluding hydrogens is 442 g/mol. The summed E-state index contributed by atoms with van der Waals surface area (Å²) < 4.78 is 7.51. The van der Waals surface area contributed by atoms with E-state index in [0.29, 0.717) is 23.1 Å². The fraction of sp³-hybridized carbons (Fsp3) is 0.304. The van der Waals surface area contributed by atoms with E-state index in [1.54, 1.807) is 12.3 Å². The first-order valence-corrected chi connectivity index (χ1v) is 10.9. The molecule has 1 aliphatic heterocycles. The zero-order valence-corrected chi connectivity index (χ0v) is 19.4. The second-order valence-corrected chi connectivity index (χ2v) is 8.21. The number of aliphatic hydroxyl groups excluding tert-OH is 1. The van der Waals surface area contributed by atoms with E-state index in [0.717, 1.165) is 22.6 Å². The number of non-ortho nitro benzene ring substituents is 1. The molecule has 0 saturated carbocycles. The first-order chi connectivity index (χ1) is 15.9. The van der Waals surface area contributed by atoms with Crippen LogP contribution in [-0.2, 0) is 0 Å². The quantitative estimate of drug-likeness (QED) is 0.310. The topological polar surface area (TPSA) is 106 Å². The first-order valence-electron chi connectivity index (χ1n) is 10.5. The molecule has 4 rings (SSSR count). The number of aliphatic hydroxyl groups is 1. The van der Waals surface area contributed by atoms with Gasteiger partial charge in [-0.05, 0) is 55.9 Å². The fourth-order valence-electron chi connectivity index (χ4n) is 4.51. The number of methoxy groups -OCH3 is 1. The third-order valence-electron chi connectivity index (χ3n) is 5.94. The third-order valence-corrected chi connectivity index (χ3v) is 6.29. The summed E-state index contributed by atoms with van der Waals surface area (Å²) in [6.45, 7) is 4.31. The van der Waals surface area contributed by atoms with Crippen LogP contribution in [0, 0.1) is 24.0 Å².